The van der Waals surface area contributed by atoms with Crippen molar-refractivity contribution in [3.8, 4) is 0 Å². The molecule has 2 fully saturated rings. The first-order valence-electron chi connectivity index (χ1n) is 6.68. The highest BCUT2D eigenvalue weighted by molar-refractivity contribution is 4.98. The molecule has 0 aromatic carbocycles. The van der Waals surface area contributed by atoms with E-state index >= 15 is 0 Å². The second kappa shape index (κ2) is 4.84. The lowest BCUT2D eigenvalue weighted by molar-refractivity contribution is -0.112. The molecule has 0 amide bonds. The fourth-order valence-electron chi connectivity index (χ4n) is 3.60. The average molecular weight is 211 g/mol. The highest BCUT2D eigenvalue weighted by Crippen LogP contribution is 2.45. The van der Waals surface area contributed by atoms with E-state index in [-0.39, 0.29) is 5.60 Å². The molecule has 1 heterocycles. The summed E-state index contributed by atoms with van der Waals surface area (Å²) in [4.78, 5) is 0. The molecule has 0 aromatic heterocycles. The van der Waals surface area contributed by atoms with Crippen LogP contribution in [0.3, 0.4) is 0 Å². The Morgan fingerprint density at radius 3 is 2.93 bits per heavy atom. The minimum atomic E-state index is 0.250. The van der Waals surface area contributed by atoms with Crippen LogP contribution in [0.2, 0.25) is 0 Å². The quantitative estimate of drug-likeness (QED) is 0.775. The number of ether oxygens (including phenoxy) is 1. The van der Waals surface area contributed by atoms with Gasteiger partial charge in [-0.2, -0.15) is 0 Å². The molecule has 0 aromatic rings. The van der Waals surface area contributed by atoms with E-state index in [4.69, 9.17) is 4.74 Å². The monoisotopic (exact) mass is 211 g/mol. The second-order valence-corrected chi connectivity index (χ2v) is 5.16. The van der Waals surface area contributed by atoms with Crippen LogP contribution in [0.25, 0.3) is 0 Å². The van der Waals surface area contributed by atoms with E-state index in [9.17, 15) is 0 Å². The molecule has 2 aliphatic rings. The van der Waals surface area contributed by atoms with Gasteiger partial charge in [-0.25, -0.2) is 0 Å². The van der Waals surface area contributed by atoms with Gasteiger partial charge in [0.15, 0.2) is 0 Å². The van der Waals surface area contributed by atoms with Crippen molar-refractivity contribution in [3.63, 3.8) is 0 Å². The van der Waals surface area contributed by atoms with Crippen molar-refractivity contribution in [2.24, 2.45) is 5.92 Å². The number of rotatable bonds is 3. The molecule has 2 nitrogen and oxygen atoms in total. The molecule has 0 bridgehead atoms. The minimum absolute atomic E-state index is 0.250. The van der Waals surface area contributed by atoms with Gasteiger partial charge in [0, 0.05) is 12.6 Å². The van der Waals surface area contributed by atoms with Crippen LogP contribution < -0.4 is 5.32 Å². The van der Waals surface area contributed by atoms with Gasteiger partial charge >= 0.3 is 0 Å². The van der Waals surface area contributed by atoms with Gasteiger partial charge in [0.05, 0.1) is 5.60 Å². The van der Waals surface area contributed by atoms with Gasteiger partial charge in [-0.15, -0.1) is 0 Å². The van der Waals surface area contributed by atoms with Crippen molar-refractivity contribution >= 4 is 0 Å². The third-order valence-electron chi connectivity index (χ3n) is 4.33. The normalized spacial score (nSPS) is 41.2. The Morgan fingerprint density at radius 2 is 2.20 bits per heavy atom. The Labute approximate surface area is 93.8 Å². The predicted molar refractivity (Wildman–Crippen MR) is 63.0 cm³/mol. The zero-order chi connectivity index (χ0) is 10.7. The molecule has 1 spiro atoms. The molecule has 3 atom stereocenters. The number of nitrogens with one attached hydrogen (secondary N) is 1. The number of hydrogen-bond donors (Lipinski definition) is 1. The van der Waals surface area contributed by atoms with Crippen LogP contribution in [-0.4, -0.2) is 24.8 Å². The SMILES string of the molecule is CCNC1CCOC2(CCCC2CC)C1. The van der Waals surface area contributed by atoms with Crippen LogP contribution in [0, 0.1) is 5.92 Å². The summed E-state index contributed by atoms with van der Waals surface area (Å²) in [6, 6.07) is 0.705. The second-order valence-electron chi connectivity index (χ2n) is 5.16. The van der Waals surface area contributed by atoms with Gasteiger partial charge in [-0.1, -0.05) is 26.7 Å². The molecule has 88 valence electrons. The first-order chi connectivity index (χ1) is 7.30. The predicted octanol–water partition coefficient (Wildman–Crippen LogP) is 2.72. The molecule has 1 aliphatic carbocycles. The summed E-state index contributed by atoms with van der Waals surface area (Å²) in [5.74, 6) is 0.818. The molecule has 3 unspecified atom stereocenters. The molecular formula is C13H25NO. The van der Waals surface area contributed by atoms with Gasteiger partial charge in [0.25, 0.3) is 0 Å². The van der Waals surface area contributed by atoms with Crippen molar-refractivity contribution in [3.05, 3.63) is 0 Å². The standard InChI is InChI=1S/C13H25NO/c1-3-11-6-5-8-13(11)10-12(14-4-2)7-9-15-13/h11-12,14H,3-10H2,1-2H3. The maximum Gasteiger partial charge on any atom is 0.0725 e. The van der Waals surface area contributed by atoms with Crippen LogP contribution in [0.5, 0.6) is 0 Å². The lowest BCUT2D eigenvalue weighted by Gasteiger charge is -2.42. The molecule has 2 rings (SSSR count). The minimum Gasteiger partial charge on any atom is -0.375 e. The Morgan fingerprint density at radius 1 is 1.33 bits per heavy atom. The average Bonchev–Trinajstić information content (AvgIpc) is 2.61. The Hall–Kier alpha value is -0.0800. The molecule has 1 aliphatic heterocycles. The van der Waals surface area contributed by atoms with Gasteiger partial charge in [-0.3, -0.25) is 0 Å². The zero-order valence-corrected chi connectivity index (χ0v) is 10.2. The van der Waals surface area contributed by atoms with E-state index in [1.807, 2.05) is 0 Å². The van der Waals surface area contributed by atoms with Crippen molar-refractivity contribution in [2.45, 2.75) is 64.0 Å². The Kier molecular flexibility index (Phi) is 3.68. The van der Waals surface area contributed by atoms with E-state index < -0.39 is 0 Å². The fourth-order valence-corrected chi connectivity index (χ4v) is 3.60. The van der Waals surface area contributed by atoms with Crippen molar-refractivity contribution in [1.82, 2.24) is 5.32 Å². The van der Waals surface area contributed by atoms with Crippen LogP contribution in [0.4, 0.5) is 0 Å². The fraction of sp³-hybridized carbons (Fsp3) is 1.00. The van der Waals surface area contributed by atoms with Gasteiger partial charge in [0.2, 0.25) is 0 Å². The van der Waals surface area contributed by atoms with Crippen molar-refractivity contribution < 1.29 is 4.74 Å². The van der Waals surface area contributed by atoms with Gasteiger partial charge in [0.1, 0.15) is 0 Å². The van der Waals surface area contributed by atoms with E-state index in [0.29, 0.717) is 6.04 Å². The van der Waals surface area contributed by atoms with Gasteiger partial charge < -0.3 is 10.1 Å². The zero-order valence-electron chi connectivity index (χ0n) is 10.2. The third kappa shape index (κ3) is 2.21. The first kappa shape index (κ1) is 11.4. The number of hydrogen-bond acceptors (Lipinski definition) is 2. The summed E-state index contributed by atoms with van der Waals surface area (Å²) < 4.78 is 6.17. The smallest absolute Gasteiger partial charge is 0.0725 e. The summed E-state index contributed by atoms with van der Waals surface area (Å²) >= 11 is 0. The summed E-state index contributed by atoms with van der Waals surface area (Å²) in [5.41, 5.74) is 0.250. The van der Waals surface area contributed by atoms with E-state index in [1.54, 1.807) is 0 Å². The molecule has 15 heavy (non-hydrogen) atoms. The molecule has 0 radical (unpaired) electrons. The maximum atomic E-state index is 6.17. The highest BCUT2D eigenvalue weighted by Gasteiger charge is 2.45. The van der Waals surface area contributed by atoms with Crippen molar-refractivity contribution in [1.29, 1.82) is 0 Å². The maximum absolute atomic E-state index is 6.17. The van der Waals surface area contributed by atoms with Gasteiger partial charge in [-0.05, 0) is 38.1 Å². The largest absolute Gasteiger partial charge is 0.375 e. The first-order valence-corrected chi connectivity index (χ1v) is 6.68. The lowest BCUT2D eigenvalue weighted by atomic mass is 9.80. The van der Waals surface area contributed by atoms with Crippen LogP contribution >= 0.6 is 0 Å². The molecule has 1 N–H and O–H groups in total. The van der Waals surface area contributed by atoms with Crippen molar-refractivity contribution in [2.75, 3.05) is 13.2 Å². The topological polar surface area (TPSA) is 21.3 Å². The van der Waals surface area contributed by atoms with E-state index in [2.05, 4.69) is 19.2 Å². The highest BCUT2D eigenvalue weighted by atomic mass is 16.5. The molecule has 1 saturated heterocycles. The molecule has 1 saturated carbocycles. The van der Waals surface area contributed by atoms with Crippen LogP contribution in [0.15, 0.2) is 0 Å². The van der Waals surface area contributed by atoms with Crippen LogP contribution in [0.1, 0.15) is 52.4 Å². The van der Waals surface area contributed by atoms with Crippen LogP contribution in [-0.2, 0) is 4.74 Å². The summed E-state index contributed by atoms with van der Waals surface area (Å²) in [5, 5.41) is 3.60. The lowest BCUT2D eigenvalue weighted by Crippen LogP contribution is -2.48. The van der Waals surface area contributed by atoms with E-state index in [0.717, 1.165) is 19.1 Å². The molecular weight excluding hydrogens is 186 g/mol. The summed E-state index contributed by atoms with van der Waals surface area (Å²) in [6.07, 6.45) is 7.80. The Balaban J connectivity index is 2.00. The summed E-state index contributed by atoms with van der Waals surface area (Å²) in [6.45, 7) is 6.58. The Bertz CT molecular complexity index is 205. The van der Waals surface area contributed by atoms with E-state index in [1.165, 1.54) is 38.5 Å². The molecule has 2 heteroatoms. The third-order valence-corrected chi connectivity index (χ3v) is 4.33. The summed E-state index contributed by atoms with van der Waals surface area (Å²) in [7, 11) is 0.